The lowest BCUT2D eigenvalue weighted by Crippen LogP contribution is -2.42. The molecule has 4 heteroatoms. The molecule has 0 radical (unpaired) electrons. The number of amides is 1. The Kier molecular flexibility index (Phi) is 4.71. The fourth-order valence-electron chi connectivity index (χ4n) is 1.18. The second kappa shape index (κ2) is 5.28. The Labute approximate surface area is 83.7 Å². The van der Waals surface area contributed by atoms with Crippen LogP contribution in [0.4, 0.5) is 0 Å². The lowest BCUT2D eigenvalue weighted by molar-refractivity contribution is -0.149. The van der Waals surface area contributed by atoms with Crippen LogP contribution in [0.15, 0.2) is 0 Å². The molecule has 0 unspecified atom stereocenters. The monoisotopic (exact) mass is 197 g/mol. The number of carbonyl (C=O) groups is 2. The first-order valence-corrected chi connectivity index (χ1v) is 4.50. The second-order valence-corrected chi connectivity index (χ2v) is 3.12. The first-order valence-electron chi connectivity index (χ1n) is 4.50. The van der Waals surface area contributed by atoms with Crippen LogP contribution in [0.2, 0.25) is 0 Å². The Morgan fingerprint density at radius 3 is 2.21 bits per heavy atom. The van der Waals surface area contributed by atoms with Gasteiger partial charge in [0.1, 0.15) is 0 Å². The maximum Gasteiger partial charge on any atom is 0.311 e. The maximum atomic E-state index is 11.0. The molecule has 0 aromatic carbocycles. The van der Waals surface area contributed by atoms with Crippen LogP contribution in [-0.2, 0) is 9.59 Å². The summed E-state index contributed by atoms with van der Waals surface area (Å²) in [5.41, 5.74) is -0.896. The SMILES string of the molecule is C#CC(=O)NCC(CC)(CC)C(=O)O. The topological polar surface area (TPSA) is 66.4 Å². The lowest BCUT2D eigenvalue weighted by Gasteiger charge is -2.26. The predicted molar refractivity (Wildman–Crippen MR) is 52.5 cm³/mol. The predicted octanol–water partition coefficient (Wildman–Crippen LogP) is 0.627. The van der Waals surface area contributed by atoms with Crippen molar-refractivity contribution in [2.75, 3.05) is 6.54 Å². The van der Waals surface area contributed by atoms with Crippen molar-refractivity contribution in [1.82, 2.24) is 5.32 Å². The summed E-state index contributed by atoms with van der Waals surface area (Å²) >= 11 is 0. The van der Waals surface area contributed by atoms with Crippen molar-refractivity contribution in [2.24, 2.45) is 5.41 Å². The van der Waals surface area contributed by atoms with Gasteiger partial charge in [0.15, 0.2) is 0 Å². The van der Waals surface area contributed by atoms with Gasteiger partial charge in [0.2, 0.25) is 0 Å². The van der Waals surface area contributed by atoms with E-state index in [0.29, 0.717) is 12.8 Å². The van der Waals surface area contributed by atoms with E-state index in [2.05, 4.69) is 5.32 Å². The van der Waals surface area contributed by atoms with Crippen LogP contribution in [0.3, 0.4) is 0 Å². The standard InChI is InChI=1S/C10H15NO3/c1-4-8(12)11-7-10(5-2,6-3)9(13)14/h1H,5-7H2,2-3H3,(H,11,12)(H,13,14). The molecular formula is C10H15NO3. The van der Waals surface area contributed by atoms with Gasteiger partial charge in [-0.15, -0.1) is 6.42 Å². The largest absolute Gasteiger partial charge is 0.481 e. The highest BCUT2D eigenvalue weighted by Gasteiger charge is 2.34. The van der Waals surface area contributed by atoms with E-state index in [1.165, 1.54) is 0 Å². The Morgan fingerprint density at radius 2 is 1.93 bits per heavy atom. The molecule has 0 aromatic heterocycles. The van der Waals surface area contributed by atoms with Gasteiger partial charge >= 0.3 is 5.97 Å². The Hall–Kier alpha value is -1.50. The van der Waals surface area contributed by atoms with Crippen LogP contribution in [0.5, 0.6) is 0 Å². The number of carboxylic acids is 1. The Bertz CT molecular complexity index is 261. The van der Waals surface area contributed by atoms with E-state index in [1.807, 2.05) is 5.92 Å². The van der Waals surface area contributed by atoms with Crippen molar-refractivity contribution in [3.8, 4) is 12.3 Å². The highest BCUT2D eigenvalue weighted by Crippen LogP contribution is 2.25. The fourth-order valence-corrected chi connectivity index (χ4v) is 1.18. The van der Waals surface area contributed by atoms with Crippen LogP contribution in [0.25, 0.3) is 0 Å². The normalized spacial score (nSPS) is 10.4. The van der Waals surface area contributed by atoms with E-state index >= 15 is 0 Å². The van der Waals surface area contributed by atoms with Gasteiger partial charge in [0.25, 0.3) is 5.91 Å². The van der Waals surface area contributed by atoms with Crippen LogP contribution < -0.4 is 5.32 Å². The lowest BCUT2D eigenvalue weighted by atomic mass is 9.82. The second-order valence-electron chi connectivity index (χ2n) is 3.12. The zero-order valence-electron chi connectivity index (χ0n) is 8.46. The van der Waals surface area contributed by atoms with E-state index in [9.17, 15) is 9.59 Å². The fraction of sp³-hybridized carbons (Fsp3) is 0.600. The molecule has 0 heterocycles. The molecule has 1 amide bonds. The number of rotatable bonds is 5. The third-order valence-electron chi connectivity index (χ3n) is 2.53. The molecule has 0 rings (SSSR count). The minimum absolute atomic E-state index is 0.0817. The van der Waals surface area contributed by atoms with Crippen LogP contribution in [-0.4, -0.2) is 23.5 Å². The number of hydrogen-bond donors (Lipinski definition) is 2. The van der Waals surface area contributed by atoms with Gasteiger partial charge in [0, 0.05) is 6.54 Å². The molecular weight excluding hydrogens is 182 g/mol. The zero-order valence-corrected chi connectivity index (χ0v) is 8.46. The molecule has 2 N–H and O–H groups in total. The van der Waals surface area contributed by atoms with Gasteiger partial charge in [-0.25, -0.2) is 0 Å². The molecule has 78 valence electrons. The first-order chi connectivity index (χ1) is 6.52. The Balaban J connectivity index is 4.46. The number of carbonyl (C=O) groups excluding carboxylic acids is 1. The van der Waals surface area contributed by atoms with E-state index in [0.717, 1.165) is 0 Å². The molecule has 0 spiro atoms. The quantitative estimate of drug-likeness (QED) is 0.635. The summed E-state index contributed by atoms with van der Waals surface area (Å²) in [4.78, 5) is 21.8. The molecule has 0 saturated carbocycles. The minimum atomic E-state index is -0.903. The van der Waals surface area contributed by atoms with Crippen molar-refractivity contribution in [3.63, 3.8) is 0 Å². The smallest absolute Gasteiger partial charge is 0.311 e. The van der Waals surface area contributed by atoms with E-state index in [4.69, 9.17) is 11.5 Å². The third-order valence-corrected chi connectivity index (χ3v) is 2.53. The van der Waals surface area contributed by atoms with Crippen LogP contribution in [0, 0.1) is 17.8 Å². The summed E-state index contributed by atoms with van der Waals surface area (Å²) in [5.74, 6) is 0.407. The number of terminal acetylenes is 1. The van der Waals surface area contributed by atoms with Gasteiger partial charge in [-0.2, -0.15) is 0 Å². The molecule has 0 saturated heterocycles. The van der Waals surface area contributed by atoms with Gasteiger partial charge in [-0.3, -0.25) is 9.59 Å². The maximum absolute atomic E-state index is 11.0. The highest BCUT2D eigenvalue weighted by atomic mass is 16.4. The van der Waals surface area contributed by atoms with Gasteiger partial charge in [0.05, 0.1) is 5.41 Å². The molecule has 14 heavy (non-hydrogen) atoms. The van der Waals surface area contributed by atoms with E-state index in [-0.39, 0.29) is 6.54 Å². The zero-order chi connectivity index (χ0) is 11.2. The number of aliphatic carboxylic acids is 1. The van der Waals surface area contributed by atoms with Crippen molar-refractivity contribution in [2.45, 2.75) is 26.7 Å². The van der Waals surface area contributed by atoms with Crippen molar-refractivity contribution in [3.05, 3.63) is 0 Å². The summed E-state index contributed by atoms with van der Waals surface area (Å²) < 4.78 is 0. The van der Waals surface area contributed by atoms with Crippen LogP contribution >= 0.6 is 0 Å². The van der Waals surface area contributed by atoms with Gasteiger partial charge < -0.3 is 10.4 Å². The van der Waals surface area contributed by atoms with Gasteiger partial charge in [-0.1, -0.05) is 13.8 Å². The molecule has 0 aliphatic heterocycles. The summed E-state index contributed by atoms with van der Waals surface area (Å²) in [6.07, 6.45) is 5.77. The molecule has 0 atom stereocenters. The number of hydrogen-bond acceptors (Lipinski definition) is 2. The summed E-state index contributed by atoms with van der Waals surface area (Å²) in [7, 11) is 0. The molecule has 0 fully saturated rings. The number of nitrogens with one attached hydrogen (secondary N) is 1. The van der Waals surface area contributed by atoms with Crippen molar-refractivity contribution >= 4 is 11.9 Å². The average molecular weight is 197 g/mol. The molecule has 0 aliphatic carbocycles. The molecule has 0 aliphatic rings. The Morgan fingerprint density at radius 1 is 1.43 bits per heavy atom. The molecule has 4 nitrogen and oxygen atoms in total. The van der Waals surface area contributed by atoms with Gasteiger partial charge in [-0.05, 0) is 18.8 Å². The summed E-state index contributed by atoms with van der Waals surface area (Å²) in [6, 6.07) is 0. The van der Waals surface area contributed by atoms with Crippen LogP contribution in [0.1, 0.15) is 26.7 Å². The minimum Gasteiger partial charge on any atom is -0.481 e. The summed E-state index contributed by atoms with van der Waals surface area (Å²) in [6.45, 7) is 3.64. The third kappa shape index (κ3) is 2.77. The first kappa shape index (κ1) is 12.5. The van der Waals surface area contributed by atoms with Crippen molar-refractivity contribution < 1.29 is 14.7 Å². The number of carboxylic acid groups (broad SMARTS) is 1. The molecule has 0 bridgehead atoms. The van der Waals surface area contributed by atoms with Crippen molar-refractivity contribution in [1.29, 1.82) is 0 Å². The van der Waals surface area contributed by atoms with E-state index in [1.54, 1.807) is 13.8 Å². The van der Waals surface area contributed by atoms with E-state index < -0.39 is 17.3 Å². The molecule has 0 aromatic rings. The highest BCUT2D eigenvalue weighted by molar-refractivity contribution is 5.93. The average Bonchev–Trinajstić information content (AvgIpc) is 2.19. The summed E-state index contributed by atoms with van der Waals surface area (Å²) in [5, 5.41) is 11.4.